The summed E-state index contributed by atoms with van der Waals surface area (Å²) in [5, 5.41) is 18.7. The molecule has 17 heavy (non-hydrogen) atoms. The van der Waals surface area contributed by atoms with Crippen molar-refractivity contribution < 1.29 is 19.7 Å². The Morgan fingerprint density at radius 2 is 2.18 bits per heavy atom. The van der Waals surface area contributed by atoms with Gasteiger partial charge in [-0.15, -0.1) is 0 Å². The van der Waals surface area contributed by atoms with Crippen molar-refractivity contribution in [3.63, 3.8) is 0 Å². The lowest BCUT2D eigenvalue weighted by Gasteiger charge is -2.20. The molecule has 5 nitrogen and oxygen atoms in total. The van der Waals surface area contributed by atoms with E-state index in [0.717, 1.165) is 11.3 Å². The maximum absolute atomic E-state index is 10.9. The van der Waals surface area contributed by atoms with Gasteiger partial charge in [-0.25, -0.2) is 9.78 Å². The van der Waals surface area contributed by atoms with Gasteiger partial charge < -0.3 is 14.9 Å². The van der Waals surface area contributed by atoms with Crippen LogP contribution in [-0.2, 0) is 10.2 Å². The van der Waals surface area contributed by atoms with Crippen LogP contribution in [0.1, 0.15) is 24.1 Å². The summed E-state index contributed by atoms with van der Waals surface area (Å²) in [7, 11) is 1.51. The van der Waals surface area contributed by atoms with E-state index in [1.807, 2.05) is 13.0 Å². The summed E-state index contributed by atoms with van der Waals surface area (Å²) in [4.78, 5) is 15.0. The van der Waals surface area contributed by atoms with Crippen molar-refractivity contribution in [1.29, 1.82) is 0 Å². The summed E-state index contributed by atoms with van der Waals surface area (Å²) in [6, 6.07) is 3.51. The summed E-state index contributed by atoms with van der Waals surface area (Å²) in [6.45, 7) is 1.81. The highest BCUT2D eigenvalue weighted by atomic mass is 16.5. The second-order valence-electron chi connectivity index (χ2n) is 4.44. The fourth-order valence-electron chi connectivity index (χ4n) is 2.12. The van der Waals surface area contributed by atoms with Crippen molar-refractivity contribution in [2.24, 2.45) is 0 Å². The molecule has 0 aromatic carbocycles. The molecule has 0 radical (unpaired) electrons. The molecule has 1 aliphatic carbocycles. The van der Waals surface area contributed by atoms with E-state index in [1.54, 1.807) is 6.07 Å². The van der Waals surface area contributed by atoms with E-state index < -0.39 is 17.5 Å². The van der Waals surface area contributed by atoms with Crippen molar-refractivity contribution >= 4 is 5.97 Å². The average Bonchev–Trinajstić information content (AvgIpc) is 3.08. The fourth-order valence-corrected chi connectivity index (χ4v) is 2.12. The molecular weight excluding hydrogens is 222 g/mol. The number of aliphatic hydroxyl groups excluding tert-OH is 1. The van der Waals surface area contributed by atoms with Crippen LogP contribution in [0.2, 0.25) is 0 Å². The lowest BCUT2D eigenvalue weighted by Crippen LogP contribution is -2.34. The number of rotatable bonds is 4. The van der Waals surface area contributed by atoms with Crippen molar-refractivity contribution in [2.75, 3.05) is 7.11 Å². The zero-order valence-electron chi connectivity index (χ0n) is 9.80. The van der Waals surface area contributed by atoms with Gasteiger partial charge in [0.05, 0.1) is 7.11 Å². The number of carboxylic acids is 1. The molecule has 1 unspecified atom stereocenters. The van der Waals surface area contributed by atoms with Crippen LogP contribution in [0, 0.1) is 6.92 Å². The molecule has 1 heterocycles. The number of hydrogen-bond donors (Lipinski definition) is 2. The van der Waals surface area contributed by atoms with Gasteiger partial charge >= 0.3 is 5.97 Å². The van der Waals surface area contributed by atoms with E-state index in [1.165, 1.54) is 7.11 Å². The van der Waals surface area contributed by atoms with Gasteiger partial charge in [0.25, 0.3) is 0 Å². The van der Waals surface area contributed by atoms with E-state index in [-0.39, 0.29) is 0 Å². The van der Waals surface area contributed by atoms with Gasteiger partial charge in [0.2, 0.25) is 5.88 Å². The Balaban J connectivity index is 2.40. The van der Waals surface area contributed by atoms with E-state index in [2.05, 4.69) is 4.98 Å². The number of pyridine rings is 1. The summed E-state index contributed by atoms with van der Waals surface area (Å²) in [6.07, 6.45) is -0.0193. The van der Waals surface area contributed by atoms with Crippen LogP contribution in [0.15, 0.2) is 12.1 Å². The van der Waals surface area contributed by atoms with E-state index in [4.69, 9.17) is 9.84 Å². The Morgan fingerprint density at radius 1 is 1.53 bits per heavy atom. The number of aliphatic carboxylic acids is 1. The van der Waals surface area contributed by atoms with Gasteiger partial charge in [0, 0.05) is 17.2 Å². The molecule has 0 bridgehead atoms. The maximum atomic E-state index is 10.9. The molecule has 1 atom stereocenters. The number of aliphatic hydroxyl groups is 1. The zero-order chi connectivity index (χ0) is 12.6. The first kappa shape index (κ1) is 11.9. The first-order valence-corrected chi connectivity index (χ1v) is 5.43. The zero-order valence-corrected chi connectivity index (χ0v) is 9.80. The van der Waals surface area contributed by atoms with Gasteiger partial charge in [0.15, 0.2) is 6.10 Å². The highest BCUT2D eigenvalue weighted by molar-refractivity contribution is 5.75. The monoisotopic (exact) mass is 237 g/mol. The van der Waals surface area contributed by atoms with Crippen molar-refractivity contribution in [1.82, 2.24) is 4.98 Å². The normalized spacial score (nSPS) is 18.5. The molecule has 0 spiro atoms. The molecule has 0 aliphatic heterocycles. The summed E-state index contributed by atoms with van der Waals surface area (Å²) in [5.41, 5.74) is 0.882. The van der Waals surface area contributed by atoms with Crippen LogP contribution in [-0.4, -0.2) is 34.4 Å². The molecule has 2 rings (SSSR count). The summed E-state index contributed by atoms with van der Waals surface area (Å²) >= 11 is 0. The number of aromatic nitrogens is 1. The number of aryl methyl sites for hydroxylation is 1. The minimum absolute atomic E-state index is 0.448. The van der Waals surface area contributed by atoms with Crippen molar-refractivity contribution in [3.8, 4) is 5.88 Å². The highest BCUT2D eigenvalue weighted by Crippen LogP contribution is 2.51. The Kier molecular flexibility index (Phi) is 2.79. The molecule has 0 saturated heterocycles. The topological polar surface area (TPSA) is 79.7 Å². The number of methoxy groups -OCH3 is 1. The lowest BCUT2D eigenvalue weighted by molar-refractivity contribution is -0.148. The van der Waals surface area contributed by atoms with Crippen LogP contribution < -0.4 is 4.74 Å². The number of carbonyl (C=O) groups is 1. The van der Waals surface area contributed by atoms with Crippen molar-refractivity contribution in [2.45, 2.75) is 31.3 Å². The molecular formula is C12H15NO4. The van der Waals surface area contributed by atoms with Crippen LogP contribution in [0.5, 0.6) is 5.88 Å². The third-order valence-corrected chi connectivity index (χ3v) is 3.26. The minimum Gasteiger partial charge on any atom is -0.481 e. The van der Waals surface area contributed by atoms with Gasteiger partial charge in [-0.1, -0.05) is 0 Å². The molecule has 1 aromatic rings. The first-order valence-electron chi connectivity index (χ1n) is 5.43. The first-order chi connectivity index (χ1) is 7.99. The average molecular weight is 237 g/mol. The lowest BCUT2D eigenvalue weighted by atomic mass is 9.90. The predicted octanol–water partition coefficient (Wildman–Crippen LogP) is 0.876. The Bertz CT molecular complexity index is 454. The molecule has 1 aromatic heterocycles. The molecule has 1 aliphatic rings. The molecule has 2 N–H and O–H groups in total. The van der Waals surface area contributed by atoms with E-state index in [9.17, 15) is 9.90 Å². The number of nitrogens with zero attached hydrogens (tertiary/aromatic N) is 1. The summed E-state index contributed by atoms with van der Waals surface area (Å²) < 4.78 is 5.06. The van der Waals surface area contributed by atoms with Crippen LogP contribution >= 0.6 is 0 Å². The van der Waals surface area contributed by atoms with Gasteiger partial charge in [0.1, 0.15) is 0 Å². The molecule has 0 amide bonds. The summed E-state index contributed by atoms with van der Waals surface area (Å²) in [5.74, 6) is -0.736. The van der Waals surface area contributed by atoms with Gasteiger partial charge in [-0.3, -0.25) is 0 Å². The van der Waals surface area contributed by atoms with Crippen LogP contribution in [0.25, 0.3) is 0 Å². The second kappa shape index (κ2) is 4.00. The molecule has 1 saturated carbocycles. The number of ether oxygens (including phenoxy) is 1. The predicted molar refractivity (Wildman–Crippen MR) is 60.1 cm³/mol. The Labute approximate surface area is 99.1 Å². The third kappa shape index (κ3) is 1.98. The quantitative estimate of drug-likeness (QED) is 0.812. The number of hydrogen-bond acceptors (Lipinski definition) is 4. The standard InChI is InChI=1S/C12H15NO4/c1-7-5-8(6-9(13-7)17-2)12(3-4-12)10(14)11(15)16/h5-6,10,14H,3-4H2,1-2H3,(H,15,16). The van der Waals surface area contributed by atoms with Crippen molar-refractivity contribution in [3.05, 3.63) is 23.4 Å². The van der Waals surface area contributed by atoms with Gasteiger partial charge in [-0.05, 0) is 31.4 Å². The van der Waals surface area contributed by atoms with Crippen LogP contribution in [0.4, 0.5) is 0 Å². The third-order valence-electron chi connectivity index (χ3n) is 3.26. The fraction of sp³-hybridized carbons (Fsp3) is 0.500. The largest absolute Gasteiger partial charge is 0.481 e. The SMILES string of the molecule is COc1cc(C2(C(O)C(=O)O)CC2)cc(C)n1. The van der Waals surface area contributed by atoms with E-state index >= 15 is 0 Å². The Hall–Kier alpha value is -1.62. The molecule has 5 heteroatoms. The number of carboxylic acid groups (broad SMARTS) is 1. The molecule has 92 valence electrons. The second-order valence-corrected chi connectivity index (χ2v) is 4.44. The maximum Gasteiger partial charge on any atom is 0.333 e. The van der Waals surface area contributed by atoms with Gasteiger partial charge in [-0.2, -0.15) is 0 Å². The van der Waals surface area contributed by atoms with E-state index in [0.29, 0.717) is 18.7 Å². The minimum atomic E-state index is -1.37. The van der Waals surface area contributed by atoms with Crippen LogP contribution in [0.3, 0.4) is 0 Å². The Morgan fingerprint density at radius 3 is 2.65 bits per heavy atom. The molecule has 1 fully saturated rings. The highest BCUT2D eigenvalue weighted by Gasteiger charge is 2.53. The smallest absolute Gasteiger partial charge is 0.333 e.